The Morgan fingerprint density at radius 1 is 0.857 bits per heavy atom. The molecule has 0 N–H and O–H groups in total. The van der Waals surface area contributed by atoms with Crippen molar-refractivity contribution in [2.24, 2.45) is 0 Å². The Kier molecular flexibility index (Phi) is 9.39. The van der Waals surface area contributed by atoms with Crippen molar-refractivity contribution in [2.45, 2.75) is 52.4 Å². The van der Waals surface area contributed by atoms with E-state index in [1.807, 2.05) is 24.4 Å². The first kappa shape index (κ1) is 25.5. The number of pyridine rings is 1. The molecule has 0 amide bonds. The van der Waals surface area contributed by atoms with Gasteiger partial charge in [-0.1, -0.05) is 57.7 Å². The van der Waals surface area contributed by atoms with E-state index >= 15 is 0 Å². The van der Waals surface area contributed by atoms with Gasteiger partial charge in [-0.2, -0.15) is 10.5 Å². The van der Waals surface area contributed by atoms with Crippen molar-refractivity contribution in [1.29, 1.82) is 10.5 Å². The van der Waals surface area contributed by atoms with Crippen molar-refractivity contribution in [3.63, 3.8) is 0 Å². The summed E-state index contributed by atoms with van der Waals surface area (Å²) in [6.45, 7) is 4.72. The first-order valence-electron chi connectivity index (χ1n) is 12.0. The minimum absolute atomic E-state index is 0.0140. The highest BCUT2D eigenvalue weighted by Gasteiger charge is 2.19. The van der Waals surface area contributed by atoms with Gasteiger partial charge in [0.2, 0.25) is 0 Å². The number of rotatable bonds is 11. The molecular weight excluding hydrogens is 438 g/mol. The molecule has 0 saturated heterocycles. The third-order valence-electron chi connectivity index (χ3n) is 5.59. The molecule has 1 aromatic heterocycles. The summed E-state index contributed by atoms with van der Waals surface area (Å²) in [6, 6.07) is 18.0. The second-order valence-electron chi connectivity index (χ2n) is 8.21. The number of nitrogens with zero attached hydrogens (tertiary/aromatic N) is 3. The molecule has 1 heterocycles. The van der Waals surface area contributed by atoms with Gasteiger partial charge in [-0.25, -0.2) is 4.79 Å². The van der Waals surface area contributed by atoms with Crippen LogP contribution in [0.4, 0.5) is 0 Å². The monoisotopic (exact) mass is 467 g/mol. The van der Waals surface area contributed by atoms with E-state index in [-0.39, 0.29) is 16.9 Å². The topological polar surface area (TPSA) is 96.0 Å². The van der Waals surface area contributed by atoms with Gasteiger partial charge in [-0.15, -0.1) is 0 Å². The summed E-state index contributed by atoms with van der Waals surface area (Å²) < 4.78 is 11.2. The van der Waals surface area contributed by atoms with Gasteiger partial charge in [0.1, 0.15) is 29.0 Å². The number of hydrogen-bond acceptors (Lipinski definition) is 6. The summed E-state index contributed by atoms with van der Waals surface area (Å²) in [7, 11) is 0. The maximum absolute atomic E-state index is 12.7. The third kappa shape index (κ3) is 6.68. The predicted molar refractivity (Wildman–Crippen MR) is 134 cm³/mol. The van der Waals surface area contributed by atoms with Crippen LogP contribution >= 0.6 is 0 Å². The van der Waals surface area contributed by atoms with Crippen molar-refractivity contribution < 1.29 is 14.3 Å². The Bertz CT molecular complexity index is 1220. The number of ether oxygens (including phenoxy) is 2. The zero-order chi connectivity index (χ0) is 25.0. The van der Waals surface area contributed by atoms with Gasteiger partial charge < -0.3 is 9.47 Å². The van der Waals surface area contributed by atoms with E-state index in [1.165, 1.54) is 11.6 Å². The smallest absolute Gasteiger partial charge is 0.343 e. The molecule has 2 aromatic carbocycles. The van der Waals surface area contributed by atoms with Gasteiger partial charge in [-0.3, -0.25) is 4.98 Å². The van der Waals surface area contributed by atoms with E-state index in [0.717, 1.165) is 49.8 Å². The minimum atomic E-state index is -0.614. The van der Waals surface area contributed by atoms with Gasteiger partial charge in [0, 0.05) is 11.8 Å². The molecule has 0 unspecified atom stereocenters. The summed E-state index contributed by atoms with van der Waals surface area (Å²) >= 11 is 0. The van der Waals surface area contributed by atoms with E-state index in [2.05, 4.69) is 24.9 Å². The highest BCUT2D eigenvalue weighted by molar-refractivity contribution is 5.92. The van der Waals surface area contributed by atoms with Crippen LogP contribution in [-0.2, 0) is 6.42 Å². The van der Waals surface area contributed by atoms with Gasteiger partial charge in [0.05, 0.1) is 17.9 Å². The lowest BCUT2D eigenvalue weighted by Gasteiger charge is -2.12. The van der Waals surface area contributed by atoms with Crippen molar-refractivity contribution in [2.75, 3.05) is 6.61 Å². The lowest BCUT2D eigenvalue weighted by Crippen LogP contribution is -2.10. The van der Waals surface area contributed by atoms with E-state index in [9.17, 15) is 15.3 Å². The van der Waals surface area contributed by atoms with Crippen LogP contribution in [0.3, 0.4) is 0 Å². The van der Waals surface area contributed by atoms with Crippen molar-refractivity contribution >= 4 is 5.97 Å². The zero-order valence-electron chi connectivity index (χ0n) is 20.2. The Balaban J connectivity index is 1.72. The molecule has 35 heavy (non-hydrogen) atoms. The number of carbonyl (C=O) groups is 1. The average molecular weight is 468 g/mol. The molecule has 0 bridgehead atoms. The number of esters is 1. The van der Waals surface area contributed by atoms with Crippen LogP contribution in [-0.4, -0.2) is 17.6 Å². The summed E-state index contributed by atoms with van der Waals surface area (Å²) in [5, 5.41) is 19.2. The molecule has 0 spiro atoms. The number of hydrogen-bond donors (Lipinski definition) is 0. The summed E-state index contributed by atoms with van der Waals surface area (Å²) in [5.74, 6) is -0.261. The fourth-order valence-corrected chi connectivity index (χ4v) is 3.67. The van der Waals surface area contributed by atoms with Crippen molar-refractivity contribution in [3.8, 4) is 34.9 Å². The van der Waals surface area contributed by atoms with E-state index in [4.69, 9.17) is 9.47 Å². The fourth-order valence-electron chi connectivity index (χ4n) is 3.67. The molecule has 0 aliphatic carbocycles. The molecule has 3 aromatic rings. The molecule has 6 nitrogen and oxygen atoms in total. The van der Waals surface area contributed by atoms with Gasteiger partial charge in [0.25, 0.3) is 0 Å². The Morgan fingerprint density at radius 3 is 2.20 bits per heavy atom. The molecular formula is C29H29N3O3. The predicted octanol–water partition coefficient (Wildman–Crippen LogP) is 6.62. The highest BCUT2D eigenvalue weighted by Crippen LogP contribution is 2.30. The van der Waals surface area contributed by atoms with E-state index in [1.54, 1.807) is 30.3 Å². The Labute approximate surface area is 206 Å². The first-order valence-corrected chi connectivity index (χ1v) is 12.0. The van der Waals surface area contributed by atoms with Crippen LogP contribution in [0.1, 0.15) is 73.0 Å². The number of aromatic nitrogens is 1. The maximum atomic E-state index is 12.7. The second-order valence-corrected chi connectivity index (χ2v) is 8.21. The first-order chi connectivity index (χ1) is 17.1. The number of carbonyl (C=O) groups excluding carboxylic acids is 1. The molecule has 0 aliphatic rings. The molecule has 3 rings (SSSR count). The fraction of sp³-hybridized carbons (Fsp3) is 0.310. The van der Waals surface area contributed by atoms with E-state index in [0.29, 0.717) is 17.9 Å². The SMILES string of the molecule is CCCCCCOc1ccc(OC(=O)c2ccc(-c3ccc(CCC)cn3)cc2)c(C#N)c1C#N. The summed E-state index contributed by atoms with van der Waals surface area (Å²) in [6.07, 6.45) is 8.07. The number of aryl methyl sites for hydroxylation is 1. The largest absolute Gasteiger partial charge is 0.492 e. The summed E-state index contributed by atoms with van der Waals surface area (Å²) in [5.41, 5.74) is 3.28. The van der Waals surface area contributed by atoms with Crippen LogP contribution in [0.25, 0.3) is 11.3 Å². The Hall–Kier alpha value is -4.16. The third-order valence-corrected chi connectivity index (χ3v) is 5.59. The van der Waals surface area contributed by atoms with Crippen LogP contribution < -0.4 is 9.47 Å². The molecule has 6 heteroatoms. The van der Waals surface area contributed by atoms with Gasteiger partial charge in [-0.05, 0) is 48.7 Å². The highest BCUT2D eigenvalue weighted by atomic mass is 16.5. The quantitative estimate of drug-likeness (QED) is 0.179. The normalized spacial score (nSPS) is 10.3. The van der Waals surface area contributed by atoms with Gasteiger partial charge in [0.15, 0.2) is 5.75 Å². The van der Waals surface area contributed by atoms with Crippen LogP contribution in [0.2, 0.25) is 0 Å². The molecule has 0 saturated carbocycles. The van der Waals surface area contributed by atoms with Crippen molar-refractivity contribution in [3.05, 3.63) is 77.0 Å². The lowest BCUT2D eigenvalue weighted by molar-refractivity contribution is 0.0734. The number of benzene rings is 2. The number of nitriles is 2. The molecule has 0 aliphatic heterocycles. The average Bonchev–Trinajstić information content (AvgIpc) is 2.89. The van der Waals surface area contributed by atoms with Crippen LogP contribution in [0, 0.1) is 22.7 Å². The van der Waals surface area contributed by atoms with Gasteiger partial charge >= 0.3 is 5.97 Å². The maximum Gasteiger partial charge on any atom is 0.343 e. The van der Waals surface area contributed by atoms with Crippen LogP contribution in [0.15, 0.2) is 54.7 Å². The molecule has 0 atom stereocenters. The van der Waals surface area contributed by atoms with Crippen molar-refractivity contribution in [1.82, 2.24) is 4.98 Å². The van der Waals surface area contributed by atoms with E-state index < -0.39 is 5.97 Å². The number of unbranched alkanes of at least 4 members (excludes halogenated alkanes) is 3. The lowest BCUT2D eigenvalue weighted by atomic mass is 10.1. The molecule has 0 fully saturated rings. The molecule has 178 valence electrons. The zero-order valence-corrected chi connectivity index (χ0v) is 20.2. The second kappa shape index (κ2) is 12.9. The molecule has 0 radical (unpaired) electrons. The summed E-state index contributed by atoms with van der Waals surface area (Å²) in [4.78, 5) is 17.2. The Morgan fingerprint density at radius 2 is 1.57 bits per heavy atom. The standard InChI is InChI=1S/C29H29N3O3/c1-3-5-6-7-17-34-27-15-16-28(25(19-31)24(27)18-30)35-29(33)23-12-10-22(11-13-23)26-14-9-21(8-4-2)20-32-26/h9-16,20H,3-8,17H2,1-2H3. The minimum Gasteiger partial charge on any atom is -0.492 e. The van der Waals surface area contributed by atoms with Crippen LogP contribution in [0.5, 0.6) is 11.5 Å².